The highest BCUT2D eigenvalue weighted by molar-refractivity contribution is 5.97. The van der Waals surface area contributed by atoms with Crippen molar-refractivity contribution in [2.45, 2.75) is 44.8 Å². The average Bonchev–Trinajstić information content (AvgIpc) is 3.28. The van der Waals surface area contributed by atoms with Gasteiger partial charge in [0.2, 0.25) is 5.91 Å². The summed E-state index contributed by atoms with van der Waals surface area (Å²) < 4.78 is 28.0. The number of hydrogen-bond acceptors (Lipinski definition) is 4. The van der Waals surface area contributed by atoms with Crippen molar-refractivity contribution in [3.05, 3.63) is 75.7 Å². The van der Waals surface area contributed by atoms with E-state index in [0.717, 1.165) is 44.0 Å². The first-order valence-corrected chi connectivity index (χ1v) is 10.4. The van der Waals surface area contributed by atoms with Crippen LogP contribution in [0.15, 0.2) is 47.4 Å². The molecule has 1 aliphatic rings. The molecule has 4 rings (SSSR count). The first kappa shape index (κ1) is 21.6. The molecule has 2 N–H and O–H groups in total. The van der Waals surface area contributed by atoms with E-state index in [1.807, 2.05) is 0 Å². The number of nitrogens with zero attached hydrogens (tertiary/aromatic N) is 2. The van der Waals surface area contributed by atoms with Crippen LogP contribution in [0.3, 0.4) is 0 Å². The monoisotopic (exact) mass is 440 g/mol. The summed E-state index contributed by atoms with van der Waals surface area (Å²) in [6, 6.07) is 8.03. The van der Waals surface area contributed by atoms with E-state index < -0.39 is 23.1 Å². The summed E-state index contributed by atoms with van der Waals surface area (Å²) in [5.41, 5.74) is 0.880. The van der Waals surface area contributed by atoms with Crippen LogP contribution in [0.25, 0.3) is 11.0 Å². The van der Waals surface area contributed by atoms with Crippen molar-refractivity contribution < 1.29 is 18.4 Å². The lowest BCUT2D eigenvalue weighted by atomic mass is 10.1. The Morgan fingerprint density at radius 3 is 2.62 bits per heavy atom. The fraction of sp³-hybridized carbons (Fsp3) is 0.304. The first-order valence-electron chi connectivity index (χ1n) is 10.4. The zero-order chi connectivity index (χ0) is 22.7. The molecule has 0 atom stereocenters. The normalized spacial score (nSPS) is 13.9. The molecule has 3 aromatic rings. The molecule has 1 aromatic heterocycles. The summed E-state index contributed by atoms with van der Waals surface area (Å²) in [7, 11) is 0. The van der Waals surface area contributed by atoms with Crippen LogP contribution in [0, 0.1) is 11.6 Å². The fourth-order valence-corrected chi connectivity index (χ4v) is 3.87. The molecule has 9 heteroatoms. The van der Waals surface area contributed by atoms with Crippen molar-refractivity contribution in [3.8, 4) is 0 Å². The Labute approximate surface area is 182 Å². The van der Waals surface area contributed by atoms with Crippen molar-refractivity contribution in [2.24, 2.45) is 0 Å². The van der Waals surface area contributed by atoms with E-state index in [0.29, 0.717) is 16.6 Å². The van der Waals surface area contributed by atoms with Gasteiger partial charge in [-0.1, -0.05) is 18.9 Å². The van der Waals surface area contributed by atoms with Gasteiger partial charge in [-0.05, 0) is 37.1 Å². The standard InChI is InChI=1S/C23H22F2N4O3/c24-16-7-5-15(18(25)10-16)11-27-21(30)13-29-20-8-6-14(9-19(20)26-12-22(29)31)23(32)28-17-3-1-2-4-17/h5-10,12,17H,1-4,11,13H2,(H,27,30)(H,28,32). The van der Waals surface area contributed by atoms with Gasteiger partial charge >= 0.3 is 0 Å². The molecular weight excluding hydrogens is 418 g/mol. The molecular formula is C23H22F2N4O3. The number of carbonyl (C=O) groups excluding carboxylic acids is 2. The summed E-state index contributed by atoms with van der Waals surface area (Å²) in [5, 5.41) is 5.53. The van der Waals surface area contributed by atoms with Gasteiger partial charge in [0.1, 0.15) is 18.2 Å². The third kappa shape index (κ3) is 4.82. The van der Waals surface area contributed by atoms with Crippen LogP contribution in [0.2, 0.25) is 0 Å². The Kier molecular flexibility index (Phi) is 6.25. The van der Waals surface area contributed by atoms with Crippen LogP contribution in [0.4, 0.5) is 8.78 Å². The molecule has 32 heavy (non-hydrogen) atoms. The van der Waals surface area contributed by atoms with Crippen LogP contribution in [0.1, 0.15) is 41.6 Å². The number of carbonyl (C=O) groups is 2. The second-order valence-electron chi connectivity index (χ2n) is 7.85. The number of amides is 2. The van der Waals surface area contributed by atoms with Crippen LogP contribution < -0.4 is 16.2 Å². The van der Waals surface area contributed by atoms with E-state index >= 15 is 0 Å². The highest BCUT2D eigenvalue weighted by atomic mass is 19.1. The fourth-order valence-electron chi connectivity index (χ4n) is 3.87. The number of rotatable bonds is 6. The van der Waals surface area contributed by atoms with Gasteiger partial charge < -0.3 is 10.6 Å². The molecule has 2 amide bonds. The molecule has 7 nitrogen and oxygen atoms in total. The summed E-state index contributed by atoms with van der Waals surface area (Å²) in [6.45, 7) is -0.456. The summed E-state index contributed by atoms with van der Waals surface area (Å²) in [6.07, 6.45) is 5.23. The zero-order valence-electron chi connectivity index (χ0n) is 17.2. The Morgan fingerprint density at radius 2 is 1.88 bits per heavy atom. The third-order valence-corrected chi connectivity index (χ3v) is 5.59. The van der Waals surface area contributed by atoms with Crippen LogP contribution >= 0.6 is 0 Å². The predicted molar refractivity (Wildman–Crippen MR) is 114 cm³/mol. The second kappa shape index (κ2) is 9.25. The topological polar surface area (TPSA) is 93.1 Å². The maximum atomic E-state index is 13.7. The lowest BCUT2D eigenvalue weighted by Gasteiger charge is -2.13. The van der Waals surface area contributed by atoms with Crippen LogP contribution in [0.5, 0.6) is 0 Å². The van der Waals surface area contributed by atoms with Gasteiger partial charge in [-0.25, -0.2) is 13.8 Å². The Morgan fingerprint density at radius 1 is 1.09 bits per heavy atom. The molecule has 2 aromatic carbocycles. The Balaban J connectivity index is 1.49. The number of aromatic nitrogens is 2. The molecule has 1 fully saturated rings. The van der Waals surface area contributed by atoms with Gasteiger partial charge in [-0.2, -0.15) is 0 Å². The van der Waals surface area contributed by atoms with Gasteiger partial charge in [-0.15, -0.1) is 0 Å². The molecule has 0 radical (unpaired) electrons. The molecule has 1 saturated carbocycles. The molecule has 0 saturated heterocycles. The minimum absolute atomic E-state index is 0.129. The smallest absolute Gasteiger partial charge is 0.269 e. The number of nitrogens with one attached hydrogen (secondary N) is 2. The van der Waals surface area contributed by atoms with E-state index in [-0.39, 0.29) is 30.6 Å². The SMILES string of the molecule is O=C(Cn1c(=O)cnc2cc(C(=O)NC3CCCC3)ccc21)NCc1ccc(F)cc1F. The quantitative estimate of drug-likeness (QED) is 0.616. The molecule has 1 aliphatic carbocycles. The number of hydrogen-bond donors (Lipinski definition) is 2. The Bertz CT molecular complexity index is 1240. The van der Waals surface area contributed by atoms with Gasteiger partial charge in [0, 0.05) is 29.8 Å². The number of benzene rings is 2. The Hall–Kier alpha value is -3.62. The molecule has 166 valence electrons. The van der Waals surface area contributed by atoms with E-state index in [1.165, 1.54) is 10.6 Å². The van der Waals surface area contributed by atoms with Gasteiger partial charge in [0.05, 0.1) is 17.2 Å². The first-order chi connectivity index (χ1) is 15.4. The highest BCUT2D eigenvalue weighted by Gasteiger charge is 2.19. The maximum Gasteiger partial charge on any atom is 0.269 e. The zero-order valence-corrected chi connectivity index (χ0v) is 17.2. The van der Waals surface area contributed by atoms with Gasteiger partial charge in [-0.3, -0.25) is 19.0 Å². The van der Waals surface area contributed by atoms with Crippen molar-refractivity contribution in [1.82, 2.24) is 20.2 Å². The van der Waals surface area contributed by atoms with E-state index in [1.54, 1.807) is 18.2 Å². The van der Waals surface area contributed by atoms with Crippen molar-refractivity contribution in [3.63, 3.8) is 0 Å². The number of fused-ring (bicyclic) bond motifs is 1. The lowest BCUT2D eigenvalue weighted by Crippen LogP contribution is -2.33. The van der Waals surface area contributed by atoms with Crippen molar-refractivity contribution in [2.75, 3.05) is 0 Å². The van der Waals surface area contributed by atoms with E-state index in [9.17, 15) is 23.2 Å². The highest BCUT2D eigenvalue weighted by Crippen LogP contribution is 2.19. The molecule has 0 aliphatic heterocycles. The largest absolute Gasteiger partial charge is 0.350 e. The van der Waals surface area contributed by atoms with Crippen LogP contribution in [-0.4, -0.2) is 27.4 Å². The maximum absolute atomic E-state index is 13.7. The van der Waals surface area contributed by atoms with Gasteiger partial charge in [0.15, 0.2) is 0 Å². The molecule has 0 spiro atoms. The number of halogens is 2. The molecule has 1 heterocycles. The lowest BCUT2D eigenvalue weighted by molar-refractivity contribution is -0.121. The third-order valence-electron chi connectivity index (χ3n) is 5.59. The summed E-state index contributed by atoms with van der Waals surface area (Å²) in [5.74, 6) is -2.19. The van der Waals surface area contributed by atoms with Crippen LogP contribution in [-0.2, 0) is 17.9 Å². The average molecular weight is 440 g/mol. The van der Waals surface area contributed by atoms with E-state index in [4.69, 9.17) is 0 Å². The minimum Gasteiger partial charge on any atom is -0.350 e. The molecule has 0 bridgehead atoms. The minimum atomic E-state index is -0.764. The van der Waals surface area contributed by atoms with Gasteiger partial charge in [0.25, 0.3) is 11.5 Å². The van der Waals surface area contributed by atoms with Crippen molar-refractivity contribution >= 4 is 22.8 Å². The predicted octanol–water partition coefficient (Wildman–Crippen LogP) is 2.66. The summed E-state index contributed by atoms with van der Waals surface area (Å²) in [4.78, 5) is 41.3. The van der Waals surface area contributed by atoms with Crippen molar-refractivity contribution in [1.29, 1.82) is 0 Å². The summed E-state index contributed by atoms with van der Waals surface area (Å²) >= 11 is 0. The van der Waals surface area contributed by atoms with E-state index in [2.05, 4.69) is 15.6 Å². The second-order valence-corrected chi connectivity index (χ2v) is 7.85. The molecule has 0 unspecified atom stereocenters.